The maximum atomic E-state index is 12.5. The van der Waals surface area contributed by atoms with Crippen LogP contribution in [0.4, 0.5) is 11.5 Å². The van der Waals surface area contributed by atoms with Gasteiger partial charge >= 0.3 is 0 Å². The molecule has 7 nitrogen and oxygen atoms in total. The number of anilines is 2. The van der Waals surface area contributed by atoms with Crippen LogP contribution in [0.5, 0.6) is 0 Å². The van der Waals surface area contributed by atoms with Crippen LogP contribution in [-0.4, -0.2) is 67.1 Å². The number of hydrogen-bond donors (Lipinski definition) is 1. The molecule has 0 atom stereocenters. The van der Waals surface area contributed by atoms with Gasteiger partial charge in [0.05, 0.1) is 18.4 Å². The van der Waals surface area contributed by atoms with Crippen LogP contribution in [0, 0.1) is 5.92 Å². The first-order valence-electron chi connectivity index (χ1n) is 9.99. The van der Waals surface area contributed by atoms with Crippen LogP contribution in [0.2, 0.25) is 0 Å². The van der Waals surface area contributed by atoms with Crippen LogP contribution in [0.15, 0.2) is 30.0 Å². The summed E-state index contributed by atoms with van der Waals surface area (Å²) >= 11 is 1.68. The van der Waals surface area contributed by atoms with Gasteiger partial charge in [0.25, 0.3) is 0 Å². The largest absolute Gasteiger partial charge is 0.367 e. The molecule has 0 aromatic carbocycles. The molecule has 0 bridgehead atoms. The van der Waals surface area contributed by atoms with Crippen LogP contribution in [-0.2, 0) is 11.3 Å². The fourth-order valence-corrected chi connectivity index (χ4v) is 4.56. The van der Waals surface area contributed by atoms with Crippen molar-refractivity contribution in [2.75, 3.05) is 56.1 Å². The fraction of sp³-hybridized carbons (Fsp3) is 0.550. The fourth-order valence-electron chi connectivity index (χ4n) is 3.92. The number of aromatic nitrogens is 2. The molecule has 2 aliphatic rings. The van der Waals surface area contributed by atoms with Gasteiger partial charge in [-0.25, -0.2) is 9.97 Å². The predicted octanol–water partition coefficient (Wildman–Crippen LogP) is 1.82. The van der Waals surface area contributed by atoms with E-state index in [2.05, 4.69) is 43.1 Å². The number of likely N-dealkylation sites (N-methyl/N-ethyl adjacent to an activating group) is 1. The summed E-state index contributed by atoms with van der Waals surface area (Å²) in [5, 5.41) is 5.13. The Kier molecular flexibility index (Phi) is 6.07. The second kappa shape index (κ2) is 8.87. The lowest BCUT2D eigenvalue weighted by Gasteiger charge is -2.38. The summed E-state index contributed by atoms with van der Waals surface area (Å²) in [4.78, 5) is 29.6. The van der Waals surface area contributed by atoms with Gasteiger partial charge < -0.3 is 20.0 Å². The third-order valence-electron chi connectivity index (χ3n) is 5.70. The number of piperidine rings is 1. The van der Waals surface area contributed by atoms with E-state index >= 15 is 0 Å². The molecule has 8 heteroatoms. The highest BCUT2D eigenvalue weighted by Gasteiger charge is 2.28. The van der Waals surface area contributed by atoms with E-state index in [9.17, 15) is 4.79 Å². The normalized spacial score (nSPS) is 19.0. The van der Waals surface area contributed by atoms with Gasteiger partial charge in [0.1, 0.15) is 6.33 Å². The molecule has 1 N–H and O–H groups in total. The van der Waals surface area contributed by atoms with Crippen molar-refractivity contribution in [2.24, 2.45) is 5.92 Å². The Balaban J connectivity index is 1.34. The van der Waals surface area contributed by atoms with Crippen molar-refractivity contribution in [2.45, 2.75) is 19.4 Å². The zero-order chi connectivity index (χ0) is 19.3. The quantitative estimate of drug-likeness (QED) is 0.826. The molecular formula is C20H28N6OS. The smallest absolute Gasteiger partial charge is 0.223 e. The number of hydrogen-bond acceptors (Lipinski definition) is 7. The van der Waals surface area contributed by atoms with E-state index in [-0.39, 0.29) is 11.8 Å². The van der Waals surface area contributed by atoms with Crippen molar-refractivity contribution in [3.8, 4) is 0 Å². The van der Waals surface area contributed by atoms with Crippen LogP contribution in [0.1, 0.15) is 17.7 Å². The summed E-state index contributed by atoms with van der Waals surface area (Å²) in [5.74, 6) is 1.30. The number of nitrogens with zero attached hydrogens (tertiary/aromatic N) is 5. The van der Waals surface area contributed by atoms with E-state index < -0.39 is 0 Å². The second-order valence-electron chi connectivity index (χ2n) is 7.58. The molecule has 4 heterocycles. The monoisotopic (exact) mass is 400 g/mol. The number of carbonyl (C=O) groups excluding carboxylic acids is 1. The van der Waals surface area contributed by atoms with Gasteiger partial charge in [-0.1, -0.05) is 6.07 Å². The SMILES string of the molecule is CN1CCN(c2ncncc2N2CCC(C(=O)NCc3cccs3)CC2)CC1. The maximum Gasteiger partial charge on any atom is 0.223 e. The molecule has 1 amide bonds. The summed E-state index contributed by atoms with van der Waals surface area (Å²) in [6.45, 7) is 6.45. The number of nitrogens with one attached hydrogen (secondary N) is 1. The predicted molar refractivity (Wildman–Crippen MR) is 113 cm³/mol. The highest BCUT2D eigenvalue weighted by Crippen LogP contribution is 2.30. The summed E-state index contributed by atoms with van der Waals surface area (Å²) in [5.41, 5.74) is 1.10. The molecule has 0 saturated carbocycles. The first-order chi connectivity index (χ1) is 13.7. The average molecular weight is 401 g/mol. The van der Waals surface area contributed by atoms with Crippen molar-refractivity contribution in [3.05, 3.63) is 34.9 Å². The van der Waals surface area contributed by atoms with E-state index in [1.807, 2.05) is 17.6 Å². The first-order valence-corrected chi connectivity index (χ1v) is 10.9. The number of amides is 1. The molecule has 4 rings (SSSR count). The number of carbonyl (C=O) groups is 1. The molecular weight excluding hydrogens is 372 g/mol. The van der Waals surface area contributed by atoms with E-state index in [0.717, 1.165) is 63.6 Å². The topological polar surface area (TPSA) is 64.6 Å². The lowest BCUT2D eigenvalue weighted by atomic mass is 9.95. The lowest BCUT2D eigenvalue weighted by Crippen LogP contribution is -2.46. The molecule has 2 aromatic rings. The molecule has 0 unspecified atom stereocenters. The van der Waals surface area contributed by atoms with Crippen molar-refractivity contribution in [1.82, 2.24) is 20.2 Å². The van der Waals surface area contributed by atoms with Crippen molar-refractivity contribution >= 4 is 28.7 Å². The van der Waals surface area contributed by atoms with E-state index in [4.69, 9.17) is 0 Å². The average Bonchev–Trinajstić information content (AvgIpc) is 3.26. The molecule has 0 spiro atoms. The molecule has 0 aliphatic carbocycles. The molecule has 2 fully saturated rings. The van der Waals surface area contributed by atoms with Crippen molar-refractivity contribution in [1.29, 1.82) is 0 Å². The second-order valence-corrected chi connectivity index (χ2v) is 8.61. The van der Waals surface area contributed by atoms with Crippen molar-refractivity contribution < 1.29 is 4.79 Å². The minimum atomic E-state index is 0.0907. The number of piperazine rings is 1. The van der Waals surface area contributed by atoms with Gasteiger partial charge in [0.2, 0.25) is 5.91 Å². The minimum Gasteiger partial charge on any atom is -0.367 e. The molecule has 2 aliphatic heterocycles. The van der Waals surface area contributed by atoms with Gasteiger partial charge in [0.15, 0.2) is 5.82 Å². The Hall–Kier alpha value is -2.19. The Morgan fingerprint density at radius 3 is 2.68 bits per heavy atom. The third kappa shape index (κ3) is 4.44. The highest BCUT2D eigenvalue weighted by molar-refractivity contribution is 7.09. The highest BCUT2D eigenvalue weighted by atomic mass is 32.1. The van der Waals surface area contributed by atoms with Crippen LogP contribution in [0.25, 0.3) is 0 Å². The first kappa shape index (κ1) is 19.1. The van der Waals surface area contributed by atoms with Gasteiger partial charge in [-0.2, -0.15) is 0 Å². The van der Waals surface area contributed by atoms with Gasteiger partial charge in [-0.15, -0.1) is 11.3 Å². The summed E-state index contributed by atoms with van der Waals surface area (Å²) < 4.78 is 0. The Labute approximate surface area is 170 Å². The molecule has 28 heavy (non-hydrogen) atoms. The Morgan fingerprint density at radius 1 is 1.18 bits per heavy atom. The third-order valence-corrected chi connectivity index (χ3v) is 6.58. The number of thiophene rings is 1. The standard InChI is InChI=1S/C20H28N6OS/c1-24-8-10-26(11-9-24)19-18(14-21-15-23-19)25-6-4-16(5-7-25)20(27)22-13-17-3-2-12-28-17/h2-3,12,14-16H,4-11,13H2,1H3,(H,22,27). The van der Waals surface area contributed by atoms with E-state index in [1.165, 1.54) is 4.88 Å². The molecule has 2 aromatic heterocycles. The number of rotatable bonds is 5. The van der Waals surface area contributed by atoms with E-state index in [0.29, 0.717) is 6.54 Å². The van der Waals surface area contributed by atoms with Gasteiger partial charge in [0, 0.05) is 50.1 Å². The zero-order valence-electron chi connectivity index (χ0n) is 16.4. The van der Waals surface area contributed by atoms with Gasteiger partial charge in [-0.3, -0.25) is 4.79 Å². The zero-order valence-corrected chi connectivity index (χ0v) is 17.2. The van der Waals surface area contributed by atoms with Crippen LogP contribution < -0.4 is 15.1 Å². The maximum absolute atomic E-state index is 12.5. The van der Waals surface area contributed by atoms with E-state index in [1.54, 1.807) is 17.7 Å². The van der Waals surface area contributed by atoms with Gasteiger partial charge in [-0.05, 0) is 31.3 Å². The summed E-state index contributed by atoms with van der Waals surface area (Å²) in [7, 11) is 2.16. The Bertz CT molecular complexity index is 767. The van der Waals surface area contributed by atoms with Crippen molar-refractivity contribution in [3.63, 3.8) is 0 Å². The summed E-state index contributed by atoms with van der Waals surface area (Å²) in [6.07, 6.45) is 5.31. The lowest BCUT2D eigenvalue weighted by molar-refractivity contribution is -0.125. The van der Waals surface area contributed by atoms with Crippen LogP contribution in [0.3, 0.4) is 0 Å². The molecule has 2 saturated heterocycles. The minimum absolute atomic E-state index is 0.0907. The molecule has 150 valence electrons. The summed E-state index contributed by atoms with van der Waals surface area (Å²) in [6, 6.07) is 4.08. The van der Waals surface area contributed by atoms with Crippen LogP contribution >= 0.6 is 11.3 Å². The molecule has 0 radical (unpaired) electrons. The Morgan fingerprint density at radius 2 is 1.96 bits per heavy atom.